The zero-order chi connectivity index (χ0) is 15.8. The van der Waals surface area contributed by atoms with Crippen LogP contribution >= 0.6 is 0 Å². The molecule has 1 unspecified atom stereocenters. The average Bonchev–Trinajstić information content (AvgIpc) is 2.55. The summed E-state index contributed by atoms with van der Waals surface area (Å²) in [5, 5.41) is 3.46. The minimum atomic E-state index is -0.202. The summed E-state index contributed by atoms with van der Waals surface area (Å²) >= 11 is 0. The molecule has 0 spiro atoms. The molecular weight excluding hydrogens is 277 g/mol. The van der Waals surface area contributed by atoms with Crippen LogP contribution < -0.4 is 10.1 Å². The highest BCUT2D eigenvalue weighted by Gasteiger charge is 2.10. The molecule has 0 aliphatic heterocycles. The van der Waals surface area contributed by atoms with Gasteiger partial charge in [-0.3, -0.25) is 0 Å². The molecule has 1 atom stereocenters. The summed E-state index contributed by atoms with van der Waals surface area (Å²) in [7, 11) is 0. The van der Waals surface area contributed by atoms with E-state index in [2.05, 4.69) is 25.2 Å². The van der Waals surface area contributed by atoms with E-state index in [0.717, 1.165) is 36.3 Å². The van der Waals surface area contributed by atoms with Crippen LogP contribution in [0.25, 0.3) is 0 Å². The second kappa shape index (κ2) is 8.54. The Morgan fingerprint density at radius 3 is 2.55 bits per heavy atom. The summed E-state index contributed by atoms with van der Waals surface area (Å²) in [5.74, 6) is 0.738. The highest BCUT2D eigenvalue weighted by Crippen LogP contribution is 2.25. The maximum Gasteiger partial charge on any atom is 0.124 e. The second-order valence-electron chi connectivity index (χ2n) is 5.47. The molecule has 0 aromatic heterocycles. The number of ether oxygens (including phenoxy) is 1. The van der Waals surface area contributed by atoms with Crippen molar-refractivity contribution >= 4 is 0 Å². The van der Waals surface area contributed by atoms with Gasteiger partial charge in [0.1, 0.15) is 11.6 Å². The summed E-state index contributed by atoms with van der Waals surface area (Å²) in [5.41, 5.74) is 2.22. The predicted octanol–water partition coefficient (Wildman–Crippen LogP) is 4.86. The molecular formula is C19H24FNO. The Balaban J connectivity index is 1.96. The van der Waals surface area contributed by atoms with E-state index in [1.807, 2.05) is 18.2 Å². The molecule has 0 fully saturated rings. The smallest absolute Gasteiger partial charge is 0.124 e. The van der Waals surface area contributed by atoms with Gasteiger partial charge in [0.2, 0.25) is 0 Å². The molecule has 3 heteroatoms. The number of para-hydroxylation sites is 1. The number of halogens is 1. The molecule has 0 saturated carbocycles. The summed E-state index contributed by atoms with van der Waals surface area (Å²) in [6, 6.07) is 14.9. The highest BCUT2D eigenvalue weighted by atomic mass is 19.1. The van der Waals surface area contributed by atoms with Crippen molar-refractivity contribution < 1.29 is 9.13 Å². The van der Waals surface area contributed by atoms with E-state index in [4.69, 9.17) is 4.74 Å². The van der Waals surface area contributed by atoms with E-state index in [0.29, 0.717) is 6.54 Å². The Hall–Kier alpha value is -1.87. The van der Waals surface area contributed by atoms with E-state index in [-0.39, 0.29) is 11.9 Å². The fourth-order valence-electron chi connectivity index (χ4n) is 2.28. The number of hydrogen-bond acceptors (Lipinski definition) is 2. The lowest BCUT2D eigenvalue weighted by Crippen LogP contribution is -2.19. The molecule has 0 aliphatic rings. The van der Waals surface area contributed by atoms with Crippen LogP contribution in [0, 0.1) is 5.82 Å². The second-order valence-corrected chi connectivity index (χ2v) is 5.47. The largest absolute Gasteiger partial charge is 0.493 e. The van der Waals surface area contributed by atoms with Gasteiger partial charge in [0.15, 0.2) is 0 Å². The first-order chi connectivity index (χ1) is 10.7. The van der Waals surface area contributed by atoms with Crippen molar-refractivity contribution in [1.82, 2.24) is 5.32 Å². The number of nitrogens with one attached hydrogen (secondary N) is 1. The zero-order valence-corrected chi connectivity index (χ0v) is 13.3. The third-order valence-corrected chi connectivity index (χ3v) is 3.67. The van der Waals surface area contributed by atoms with Crippen molar-refractivity contribution in [3.05, 3.63) is 65.5 Å². The van der Waals surface area contributed by atoms with Gasteiger partial charge in [0.25, 0.3) is 0 Å². The summed E-state index contributed by atoms with van der Waals surface area (Å²) in [6.45, 7) is 5.72. The standard InChI is InChI=1S/C19H24FNO/c1-3-4-13-22-19-8-6-5-7-18(19)15(2)21-14-16-9-11-17(20)12-10-16/h5-12,15,21H,3-4,13-14H2,1-2H3. The van der Waals surface area contributed by atoms with E-state index < -0.39 is 0 Å². The SMILES string of the molecule is CCCCOc1ccccc1C(C)NCc1ccc(F)cc1. The number of rotatable bonds is 8. The van der Waals surface area contributed by atoms with E-state index in [1.54, 1.807) is 12.1 Å². The van der Waals surface area contributed by atoms with Crippen LogP contribution in [-0.2, 0) is 6.54 Å². The van der Waals surface area contributed by atoms with Gasteiger partial charge >= 0.3 is 0 Å². The minimum absolute atomic E-state index is 0.169. The number of unbranched alkanes of at least 4 members (excludes halogenated alkanes) is 1. The summed E-state index contributed by atoms with van der Waals surface area (Å²) in [6.07, 6.45) is 2.19. The molecule has 0 heterocycles. The van der Waals surface area contributed by atoms with Crippen molar-refractivity contribution in [3.63, 3.8) is 0 Å². The quantitative estimate of drug-likeness (QED) is 0.703. The first-order valence-corrected chi connectivity index (χ1v) is 7.90. The first kappa shape index (κ1) is 16.5. The Morgan fingerprint density at radius 1 is 1.09 bits per heavy atom. The molecule has 2 nitrogen and oxygen atoms in total. The summed E-state index contributed by atoms with van der Waals surface area (Å²) in [4.78, 5) is 0. The average molecular weight is 301 g/mol. The Kier molecular flexibility index (Phi) is 6.41. The van der Waals surface area contributed by atoms with Crippen molar-refractivity contribution in [2.45, 2.75) is 39.3 Å². The molecule has 2 aromatic carbocycles. The molecule has 0 bridgehead atoms. The van der Waals surface area contributed by atoms with E-state index in [9.17, 15) is 4.39 Å². The van der Waals surface area contributed by atoms with Gasteiger partial charge in [0.05, 0.1) is 6.61 Å². The van der Waals surface area contributed by atoms with E-state index >= 15 is 0 Å². The lowest BCUT2D eigenvalue weighted by molar-refractivity contribution is 0.303. The van der Waals surface area contributed by atoms with Crippen molar-refractivity contribution in [3.8, 4) is 5.75 Å². The lowest BCUT2D eigenvalue weighted by Gasteiger charge is -2.18. The van der Waals surface area contributed by atoms with Crippen LogP contribution in [0.3, 0.4) is 0 Å². The van der Waals surface area contributed by atoms with Crippen molar-refractivity contribution in [1.29, 1.82) is 0 Å². The monoisotopic (exact) mass is 301 g/mol. The normalized spacial score (nSPS) is 12.1. The van der Waals surface area contributed by atoms with Crippen molar-refractivity contribution in [2.75, 3.05) is 6.61 Å². The topological polar surface area (TPSA) is 21.3 Å². The first-order valence-electron chi connectivity index (χ1n) is 7.90. The molecule has 0 saturated heterocycles. The molecule has 22 heavy (non-hydrogen) atoms. The molecule has 2 aromatic rings. The van der Waals surface area contributed by atoms with Crippen LogP contribution in [-0.4, -0.2) is 6.61 Å². The van der Waals surface area contributed by atoms with E-state index in [1.165, 1.54) is 12.1 Å². The fourth-order valence-corrected chi connectivity index (χ4v) is 2.28. The number of hydrogen-bond donors (Lipinski definition) is 1. The maximum atomic E-state index is 12.9. The predicted molar refractivity (Wildman–Crippen MR) is 88.5 cm³/mol. The minimum Gasteiger partial charge on any atom is -0.493 e. The number of benzene rings is 2. The van der Waals surface area contributed by atoms with Crippen LogP contribution in [0.4, 0.5) is 4.39 Å². The van der Waals surface area contributed by atoms with Crippen LogP contribution in [0.1, 0.15) is 43.9 Å². The van der Waals surface area contributed by atoms with Gasteiger partial charge in [0, 0.05) is 18.2 Å². The van der Waals surface area contributed by atoms with Gasteiger partial charge in [-0.2, -0.15) is 0 Å². The lowest BCUT2D eigenvalue weighted by atomic mass is 10.1. The van der Waals surface area contributed by atoms with Crippen LogP contribution in [0.5, 0.6) is 5.75 Å². The molecule has 0 radical (unpaired) electrons. The molecule has 118 valence electrons. The zero-order valence-electron chi connectivity index (χ0n) is 13.3. The Morgan fingerprint density at radius 2 is 1.82 bits per heavy atom. The van der Waals surface area contributed by atoms with Gasteiger partial charge in [-0.05, 0) is 37.1 Å². The molecule has 0 amide bonds. The Labute approximate surface area is 132 Å². The van der Waals surface area contributed by atoms with Gasteiger partial charge in [-0.15, -0.1) is 0 Å². The fraction of sp³-hybridized carbons (Fsp3) is 0.368. The van der Waals surface area contributed by atoms with Crippen LogP contribution in [0.15, 0.2) is 48.5 Å². The Bertz CT molecular complexity index is 568. The molecule has 2 rings (SSSR count). The van der Waals surface area contributed by atoms with Gasteiger partial charge in [-0.25, -0.2) is 4.39 Å². The van der Waals surface area contributed by atoms with Gasteiger partial charge < -0.3 is 10.1 Å². The maximum absolute atomic E-state index is 12.9. The van der Waals surface area contributed by atoms with Crippen molar-refractivity contribution in [2.24, 2.45) is 0 Å². The van der Waals surface area contributed by atoms with Crippen LogP contribution in [0.2, 0.25) is 0 Å². The molecule has 0 aliphatic carbocycles. The highest BCUT2D eigenvalue weighted by molar-refractivity contribution is 5.35. The van der Waals surface area contributed by atoms with Gasteiger partial charge in [-0.1, -0.05) is 43.7 Å². The summed E-state index contributed by atoms with van der Waals surface area (Å²) < 4.78 is 18.8. The molecule has 1 N–H and O–H groups in total. The third kappa shape index (κ3) is 4.85. The third-order valence-electron chi connectivity index (χ3n) is 3.67.